The van der Waals surface area contributed by atoms with Gasteiger partial charge in [0.15, 0.2) is 0 Å². The number of hydrogen-bond acceptors (Lipinski definition) is 3. The number of aromatic nitrogens is 4. The highest BCUT2D eigenvalue weighted by Crippen LogP contribution is 2.42. The summed E-state index contributed by atoms with van der Waals surface area (Å²) in [5.74, 6) is 2.39. The summed E-state index contributed by atoms with van der Waals surface area (Å²) in [4.78, 5) is 5.00. The summed E-state index contributed by atoms with van der Waals surface area (Å²) in [6, 6.07) is 48.2. The van der Waals surface area contributed by atoms with Gasteiger partial charge in [0.2, 0.25) is 0 Å². The summed E-state index contributed by atoms with van der Waals surface area (Å²) in [6.45, 7) is 29.4. The average Bonchev–Trinajstić information content (AvgIpc) is 3.82. The Hall–Kier alpha value is -5.94. The van der Waals surface area contributed by atoms with E-state index in [0.717, 1.165) is 56.4 Å². The zero-order valence-electron chi connectivity index (χ0n) is 38.5. The van der Waals surface area contributed by atoms with Crippen molar-refractivity contribution >= 4 is 21.8 Å². The Morgan fingerprint density at radius 2 is 1.08 bits per heavy atom. The SMILES string of the molecule is CC(C)(C)c1ccnc(-n2c3ccc(C(C)(C)c4ccccc4)cc3c3ccc(Oc4cc(-n5nc(C(C)(C)C)cc5C(C)(C)C)cc(C(C)(C)c5ccccc5)c4)cc32)c1. The van der Waals surface area contributed by atoms with Crippen LogP contribution in [0.4, 0.5) is 0 Å². The lowest BCUT2D eigenvalue weighted by Crippen LogP contribution is -2.21. The van der Waals surface area contributed by atoms with E-state index < -0.39 is 0 Å². The third-order valence-electron chi connectivity index (χ3n) is 12.6. The van der Waals surface area contributed by atoms with E-state index in [0.29, 0.717) is 0 Å². The topological polar surface area (TPSA) is 44.9 Å². The minimum atomic E-state index is -0.317. The van der Waals surface area contributed by atoms with Gasteiger partial charge in [-0.3, -0.25) is 4.57 Å². The van der Waals surface area contributed by atoms with E-state index in [-0.39, 0.29) is 27.1 Å². The van der Waals surface area contributed by atoms with E-state index >= 15 is 0 Å². The first-order valence-corrected chi connectivity index (χ1v) is 21.7. The molecule has 8 aromatic rings. The van der Waals surface area contributed by atoms with Crippen LogP contribution in [0.2, 0.25) is 0 Å². The van der Waals surface area contributed by atoms with Gasteiger partial charge in [0, 0.05) is 56.5 Å². The summed E-state index contributed by atoms with van der Waals surface area (Å²) < 4.78 is 11.5. The van der Waals surface area contributed by atoms with Gasteiger partial charge in [-0.1, -0.05) is 157 Å². The molecule has 0 atom stereocenters. The average molecular weight is 807 g/mol. The molecule has 0 aliphatic rings. The second-order valence-corrected chi connectivity index (χ2v) is 21.0. The van der Waals surface area contributed by atoms with Crippen LogP contribution in [0.1, 0.15) is 129 Å². The Kier molecular flexibility index (Phi) is 10.2. The lowest BCUT2D eigenvalue weighted by Gasteiger charge is -2.28. The molecule has 3 heterocycles. The Morgan fingerprint density at radius 1 is 0.443 bits per heavy atom. The number of fused-ring (bicyclic) bond motifs is 3. The summed E-state index contributed by atoms with van der Waals surface area (Å²) in [7, 11) is 0. The first-order chi connectivity index (χ1) is 28.6. The molecule has 312 valence electrons. The highest BCUT2D eigenvalue weighted by atomic mass is 16.5. The molecule has 61 heavy (non-hydrogen) atoms. The van der Waals surface area contributed by atoms with E-state index in [1.54, 1.807) is 0 Å². The first kappa shape index (κ1) is 41.8. The Morgan fingerprint density at radius 3 is 1.69 bits per heavy atom. The third-order valence-corrected chi connectivity index (χ3v) is 12.6. The van der Waals surface area contributed by atoms with E-state index in [1.807, 2.05) is 6.20 Å². The second-order valence-electron chi connectivity index (χ2n) is 21.0. The molecular weight excluding hydrogens is 745 g/mol. The Balaban J connectivity index is 1.32. The van der Waals surface area contributed by atoms with Crippen molar-refractivity contribution < 1.29 is 4.74 Å². The van der Waals surface area contributed by atoms with Crippen LogP contribution in [0.5, 0.6) is 11.5 Å². The summed E-state index contributed by atoms with van der Waals surface area (Å²) in [6.07, 6.45) is 1.94. The van der Waals surface area contributed by atoms with Gasteiger partial charge in [0.05, 0.1) is 22.4 Å². The minimum absolute atomic E-state index is 0.0388. The lowest BCUT2D eigenvalue weighted by atomic mass is 9.78. The van der Waals surface area contributed by atoms with Crippen molar-refractivity contribution in [2.45, 2.75) is 117 Å². The molecule has 0 N–H and O–H groups in total. The Bertz CT molecular complexity index is 2870. The van der Waals surface area contributed by atoms with Crippen LogP contribution < -0.4 is 4.74 Å². The van der Waals surface area contributed by atoms with Crippen molar-refractivity contribution in [1.82, 2.24) is 19.3 Å². The number of rotatable bonds is 8. The molecule has 0 saturated heterocycles. The predicted molar refractivity (Wildman–Crippen MR) is 255 cm³/mol. The van der Waals surface area contributed by atoms with Gasteiger partial charge in [-0.2, -0.15) is 5.10 Å². The van der Waals surface area contributed by atoms with Crippen molar-refractivity contribution in [3.8, 4) is 23.0 Å². The zero-order valence-corrected chi connectivity index (χ0v) is 38.5. The molecule has 3 aromatic heterocycles. The van der Waals surface area contributed by atoms with Crippen LogP contribution in [0.25, 0.3) is 33.3 Å². The molecule has 0 fully saturated rings. The quantitative estimate of drug-likeness (QED) is 0.154. The zero-order chi connectivity index (χ0) is 43.7. The molecule has 5 heteroatoms. The number of benzene rings is 5. The molecule has 0 bridgehead atoms. The monoisotopic (exact) mass is 806 g/mol. The van der Waals surface area contributed by atoms with Crippen LogP contribution in [-0.4, -0.2) is 19.3 Å². The van der Waals surface area contributed by atoms with Gasteiger partial charge in [-0.05, 0) is 87.8 Å². The smallest absolute Gasteiger partial charge is 0.137 e. The van der Waals surface area contributed by atoms with Crippen molar-refractivity contribution in [3.05, 3.63) is 179 Å². The molecular formula is C56H62N4O. The summed E-state index contributed by atoms with van der Waals surface area (Å²) in [5.41, 5.74) is 10.7. The van der Waals surface area contributed by atoms with Gasteiger partial charge in [-0.25, -0.2) is 9.67 Å². The minimum Gasteiger partial charge on any atom is -0.457 e. The van der Waals surface area contributed by atoms with Crippen LogP contribution in [-0.2, 0) is 27.1 Å². The third kappa shape index (κ3) is 7.91. The Labute approximate surface area is 363 Å². The van der Waals surface area contributed by atoms with Crippen LogP contribution in [0.15, 0.2) is 140 Å². The second kappa shape index (κ2) is 14.9. The van der Waals surface area contributed by atoms with Crippen molar-refractivity contribution in [2.24, 2.45) is 0 Å². The van der Waals surface area contributed by atoms with Gasteiger partial charge in [0.1, 0.15) is 17.3 Å². The lowest BCUT2D eigenvalue weighted by molar-refractivity contribution is 0.478. The summed E-state index contributed by atoms with van der Waals surface area (Å²) >= 11 is 0. The van der Waals surface area contributed by atoms with Gasteiger partial charge in [-0.15, -0.1) is 0 Å². The maximum atomic E-state index is 7.05. The fourth-order valence-corrected chi connectivity index (χ4v) is 8.49. The molecule has 5 aromatic carbocycles. The highest BCUT2D eigenvalue weighted by Gasteiger charge is 2.30. The molecule has 8 rings (SSSR count). The molecule has 0 radical (unpaired) electrons. The van der Waals surface area contributed by atoms with Crippen molar-refractivity contribution in [3.63, 3.8) is 0 Å². The van der Waals surface area contributed by atoms with Crippen LogP contribution >= 0.6 is 0 Å². The molecule has 5 nitrogen and oxygen atoms in total. The first-order valence-electron chi connectivity index (χ1n) is 21.7. The number of pyridine rings is 1. The highest BCUT2D eigenvalue weighted by molar-refractivity contribution is 6.09. The maximum absolute atomic E-state index is 7.05. The number of nitrogens with zero attached hydrogens (tertiary/aromatic N) is 4. The molecule has 0 unspecified atom stereocenters. The molecule has 0 saturated carbocycles. The molecule has 0 spiro atoms. The largest absolute Gasteiger partial charge is 0.457 e. The summed E-state index contributed by atoms with van der Waals surface area (Å²) in [5, 5.41) is 7.62. The fourth-order valence-electron chi connectivity index (χ4n) is 8.49. The maximum Gasteiger partial charge on any atom is 0.137 e. The van der Waals surface area contributed by atoms with Crippen molar-refractivity contribution in [1.29, 1.82) is 0 Å². The van der Waals surface area contributed by atoms with E-state index in [2.05, 4.69) is 233 Å². The van der Waals surface area contributed by atoms with Crippen molar-refractivity contribution in [2.75, 3.05) is 0 Å². The number of hydrogen-bond donors (Lipinski definition) is 0. The fraction of sp³-hybridized carbons (Fsp3) is 0.321. The van der Waals surface area contributed by atoms with E-state index in [9.17, 15) is 0 Å². The molecule has 0 amide bonds. The van der Waals surface area contributed by atoms with Crippen LogP contribution in [0, 0.1) is 0 Å². The van der Waals surface area contributed by atoms with Gasteiger partial charge in [0.25, 0.3) is 0 Å². The standard InChI is InChI=1S/C56H62N4O/c1-52(2,3)39-28-29-57-51(33-39)59-47-27-24-40(55(10,11)37-20-16-14-17-21-37)32-46(47)45-26-25-43(35-48(45)59)61-44-31-41(56(12,13)38-22-18-15-19-23-38)30-42(34-44)60-50(54(7,8)9)36-49(58-60)53(4,5)6/h14-36H,1-13H3. The predicted octanol–water partition coefficient (Wildman–Crippen LogP) is 14.7. The molecule has 0 aliphatic heterocycles. The van der Waals surface area contributed by atoms with E-state index in [1.165, 1.54) is 27.6 Å². The van der Waals surface area contributed by atoms with Gasteiger partial charge < -0.3 is 4.74 Å². The van der Waals surface area contributed by atoms with E-state index in [4.69, 9.17) is 14.8 Å². The molecule has 0 aliphatic carbocycles. The number of ether oxygens (including phenoxy) is 1. The van der Waals surface area contributed by atoms with Crippen LogP contribution in [0.3, 0.4) is 0 Å². The van der Waals surface area contributed by atoms with Gasteiger partial charge >= 0.3 is 0 Å². The normalized spacial score (nSPS) is 13.0.